The molecule has 6 nitrogen and oxygen atoms in total. The third-order valence-electron chi connectivity index (χ3n) is 7.03. The summed E-state index contributed by atoms with van der Waals surface area (Å²) in [4.78, 5) is 42.2. The Morgan fingerprint density at radius 3 is 2.52 bits per heavy atom. The van der Waals surface area contributed by atoms with Crippen LogP contribution in [0.15, 0.2) is 54.6 Å². The zero-order chi connectivity index (χ0) is 23.4. The van der Waals surface area contributed by atoms with Crippen molar-refractivity contribution in [1.29, 1.82) is 0 Å². The van der Waals surface area contributed by atoms with Crippen molar-refractivity contribution in [3.05, 3.63) is 60.2 Å². The van der Waals surface area contributed by atoms with Crippen molar-refractivity contribution in [2.24, 2.45) is 11.3 Å². The zero-order valence-electron chi connectivity index (χ0n) is 19.5. The number of nitrogens with zero attached hydrogens (tertiary/aromatic N) is 2. The van der Waals surface area contributed by atoms with E-state index in [1.807, 2.05) is 42.2 Å². The quantitative estimate of drug-likeness (QED) is 0.740. The smallest absolute Gasteiger partial charge is 0.228 e. The van der Waals surface area contributed by atoms with Crippen LogP contribution in [0.5, 0.6) is 0 Å². The number of piperidine rings is 1. The minimum absolute atomic E-state index is 0.00239. The summed E-state index contributed by atoms with van der Waals surface area (Å²) in [5, 5.41) is 3.04. The maximum atomic E-state index is 13.5. The highest BCUT2D eigenvalue weighted by Crippen LogP contribution is 2.38. The van der Waals surface area contributed by atoms with Crippen LogP contribution in [0.1, 0.15) is 31.7 Å². The Labute approximate surface area is 196 Å². The van der Waals surface area contributed by atoms with E-state index in [1.165, 1.54) is 0 Å². The molecule has 4 rings (SSSR count). The molecule has 33 heavy (non-hydrogen) atoms. The molecule has 174 valence electrons. The molecule has 0 radical (unpaired) electrons. The number of hydrogen-bond acceptors (Lipinski definition) is 3. The number of likely N-dealkylation sites (tertiary alicyclic amines) is 2. The standard InChI is InChI=1S/C27H33N3O3/c1-3-28-26(33)27(17-21-12-7-8-13-23(21)20-10-5-4-6-11-20)14-9-15-30(19-27)25(32)22-16-24(31)29(2)18-22/h4-8,10-13,22H,3,9,14-19H2,1-2H3,(H,28,33)/t22-,27-/m0/s1. The fourth-order valence-corrected chi connectivity index (χ4v) is 5.30. The molecular formula is C27H33N3O3. The molecule has 0 aromatic heterocycles. The number of amides is 3. The molecule has 2 aromatic rings. The van der Waals surface area contributed by atoms with Crippen LogP contribution in [0.3, 0.4) is 0 Å². The molecule has 6 heteroatoms. The second kappa shape index (κ2) is 9.77. The lowest BCUT2D eigenvalue weighted by atomic mass is 9.73. The number of benzene rings is 2. The van der Waals surface area contributed by atoms with Crippen LogP contribution < -0.4 is 5.32 Å². The number of carbonyl (C=O) groups excluding carboxylic acids is 3. The first-order valence-electron chi connectivity index (χ1n) is 11.9. The van der Waals surface area contributed by atoms with Crippen molar-refractivity contribution >= 4 is 17.7 Å². The van der Waals surface area contributed by atoms with Gasteiger partial charge in [0.15, 0.2) is 0 Å². The summed E-state index contributed by atoms with van der Waals surface area (Å²) in [7, 11) is 1.74. The summed E-state index contributed by atoms with van der Waals surface area (Å²) < 4.78 is 0. The largest absolute Gasteiger partial charge is 0.356 e. The number of nitrogens with one attached hydrogen (secondary N) is 1. The van der Waals surface area contributed by atoms with Gasteiger partial charge in [-0.15, -0.1) is 0 Å². The Hall–Kier alpha value is -3.15. The lowest BCUT2D eigenvalue weighted by Crippen LogP contribution is -2.55. The molecular weight excluding hydrogens is 414 g/mol. The molecule has 2 heterocycles. The molecule has 2 aromatic carbocycles. The fraction of sp³-hybridized carbons (Fsp3) is 0.444. The molecule has 2 saturated heterocycles. The lowest BCUT2D eigenvalue weighted by molar-refractivity contribution is -0.144. The number of hydrogen-bond donors (Lipinski definition) is 1. The highest BCUT2D eigenvalue weighted by molar-refractivity contribution is 5.90. The van der Waals surface area contributed by atoms with E-state index in [9.17, 15) is 14.4 Å². The van der Waals surface area contributed by atoms with Crippen molar-refractivity contribution in [2.75, 3.05) is 33.2 Å². The Balaban J connectivity index is 1.63. The highest BCUT2D eigenvalue weighted by atomic mass is 16.2. The molecule has 0 saturated carbocycles. The average molecular weight is 448 g/mol. The first-order valence-corrected chi connectivity index (χ1v) is 11.9. The van der Waals surface area contributed by atoms with Crippen molar-refractivity contribution in [2.45, 2.75) is 32.6 Å². The average Bonchev–Trinajstić information content (AvgIpc) is 3.18. The minimum Gasteiger partial charge on any atom is -0.356 e. The van der Waals surface area contributed by atoms with E-state index in [0.29, 0.717) is 32.6 Å². The van der Waals surface area contributed by atoms with Gasteiger partial charge in [-0.2, -0.15) is 0 Å². The Kier molecular flexibility index (Phi) is 6.82. The summed E-state index contributed by atoms with van der Waals surface area (Å²) in [6, 6.07) is 18.4. The van der Waals surface area contributed by atoms with E-state index in [4.69, 9.17) is 0 Å². The molecule has 2 atom stereocenters. The van der Waals surface area contributed by atoms with Gasteiger partial charge in [-0.3, -0.25) is 14.4 Å². The molecule has 2 aliphatic rings. The number of rotatable bonds is 6. The van der Waals surface area contributed by atoms with Gasteiger partial charge in [-0.25, -0.2) is 0 Å². The molecule has 3 amide bonds. The van der Waals surface area contributed by atoms with E-state index < -0.39 is 5.41 Å². The van der Waals surface area contributed by atoms with Gasteiger partial charge in [0.1, 0.15) is 0 Å². The van der Waals surface area contributed by atoms with Crippen LogP contribution in [0.4, 0.5) is 0 Å². The van der Waals surface area contributed by atoms with Gasteiger partial charge in [-0.1, -0.05) is 54.6 Å². The summed E-state index contributed by atoms with van der Waals surface area (Å²) in [5.74, 6) is -0.302. The van der Waals surface area contributed by atoms with Gasteiger partial charge in [-0.05, 0) is 42.9 Å². The summed E-state index contributed by atoms with van der Waals surface area (Å²) in [6.07, 6.45) is 2.33. The van der Waals surface area contributed by atoms with Crippen molar-refractivity contribution in [1.82, 2.24) is 15.1 Å². The van der Waals surface area contributed by atoms with Crippen molar-refractivity contribution in [3.8, 4) is 11.1 Å². The monoisotopic (exact) mass is 447 g/mol. The summed E-state index contributed by atoms with van der Waals surface area (Å²) >= 11 is 0. The van der Waals surface area contributed by atoms with E-state index in [2.05, 4.69) is 29.6 Å². The zero-order valence-corrected chi connectivity index (χ0v) is 19.5. The van der Waals surface area contributed by atoms with Gasteiger partial charge in [0.25, 0.3) is 0 Å². The number of carbonyl (C=O) groups is 3. The third kappa shape index (κ3) is 4.80. The molecule has 1 N–H and O–H groups in total. The fourth-order valence-electron chi connectivity index (χ4n) is 5.30. The lowest BCUT2D eigenvalue weighted by Gasteiger charge is -2.42. The van der Waals surface area contributed by atoms with Crippen molar-refractivity contribution < 1.29 is 14.4 Å². The minimum atomic E-state index is -0.691. The highest BCUT2D eigenvalue weighted by Gasteiger charge is 2.45. The van der Waals surface area contributed by atoms with Crippen LogP contribution >= 0.6 is 0 Å². The Bertz CT molecular complexity index is 1020. The van der Waals surface area contributed by atoms with Crippen molar-refractivity contribution in [3.63, 3.8) is 0 Å². The first kappa shape index (κ1) is 23.0. The van der Waals surface area contributed by atoms with E-state index in [1.54, 1.807) is 11.9 Å². The predicted octanol–water partition coefficient (Wildman–Crippen LogP) is 3.12. The second-order valence-electron chi connectivity index (χ2n) is 9.38. The van der Waals surface area contributed by atoms with E-state index in [-0.39, 0.29) is 30.1 Å². The SMILES string of the molecule is CCNC(=O)[C@]1(Cc2ccccc2-c2ccccc2)CCCN(C(=O)[C@H]2CC(=O)N(C)C2)C1. The summed E-state index contributed by atoms with van der Waals surface area (Å²) in [5.41, 5.74) is 2.66. The van der Waals surface area contributed by atoms with Gasteiger partial charge in [0, 0.05) is 39.6 Å². The van der Waals surface area contributed by atoms with Crippen LogP contribution in [-0.4, -0.2) is 60.7 Å². The van der Waals surface area contributed by atoms with E-state index in [0.717, 1.165) is 29.5 Å². The van der Waals surface area contributed by atoms with Gasteiger partial charge in [0.2, 0.25) is 17.7 Å². The van der Waals surface area contributed by atoms with Crippen LogP contribution in [0.25, 0.3) is 11.1 Å². The Morgan fingerprint density at radius 1 is 1.09 bits per heavy atom. The predicted molar refractivity (Wildman–Crippen MR) is 128 cm³/mol. The van der Waals surface area contributed by atoms with Crippen LogP contribution in [-0.2, 0) is 20.8 Å². The second-order valence-corrected chi connectivity index (χ2v) is 9.38. The van der Waals surface area contributed by atoms with Gasteiger partial charge < -0.3 is 15.1 Å². The van der Waals surface area contributed by atoms with Gasteiger partial charge in [0.05, 0.1) is 11.3 Å². The van der Waals surface area contributed by atoms with Crippen LogP contribution in [0.2, 0.25) is 0 Å². The molecule has 0 spiro atoms. The molecule has 2 fully saturated rings. The summed E-state index contributed by atoms with van der Waals surface area (Å²) in [6.45, 7) is 3.95. The molecule has 2 aliphatic heterocycles. The first-order chi connectivity index (χ1) is 15.9. The third-order valence-corrected chi connectivity index (χ3v) is 7.03. The Morgan fingerprint density at radius 2 is 1.82 bits per heavy atom. The molecule has 0 unspecified atom stereocenters. The maximum Gasteiger partial charge on any atom is 0.228 e. The topological polar surface area (TPSA) is 69.7 Å². The molecule has 0 aliphatic carbocycles. The van der Waals surface area contributed by atoms with Gasteiger partial charge >= 0.3 is 0 Å². The molecule has 0 bridgehead atoms. The normalized spacial score (nSPS) is 23.0. The van der Waals surface area contributed by atoms with E-state index >= 15 is 0 Å². The van der Waals surface area contributed by atoms with Crippen LogP contribution in [0, 0.1) is 11.3 Å². The maximum absolute atomic E-state index is 13.5.